The van der Waals surface area contributed by atoms with Crippen molar-refractivity contribution in [2.75, 3.05) is 19.6 Å². The molecule has 7 heteroatoms. The molecule has 1 aromatic heterocycles. The van der Waals surface area contributed by atoms with E-state index in [1.807, 2.05) is 31.7 Å². The summed E-state index contributed by atoms with van der Waals surface area (Å²) in [5, 5.41) is 3.49. The van der Waals surface area contributed by atoms with Crippen LogP contribution in [-0.4, -0.2) is 51.3 Å². The summed E-state index contributed by atoms with van der Waals surface area (Å²) in [5.74, 6) is 2.40. The Bertz CT molecular complexity index is 1120. The number of nitrogens with one attached hydrogen (secondary N) is 1. The van der Waals surface area contributed by atoms with E-state index < -0.39 is 5.60 Å². The van der Waals surface area contributed by atoms with Crippen LogP contribution in [0.3, 0.4) is 0 Å². The molecular formula is C27H36N4O3. The first kappa shape index (κ1) is 22.0. The quantitative estimate of drug-likeness (QED) is 0.662. The molecular weight excluding hydrogens is 428 g/mol. The monoisotopic (exact) mass is 464 g/mol. The van der Waals surface area contributed by atoms with E-state index in [1.165, 1.54) is 5.69 Å². The maximum atomic E-state index is 12.9. The fourth-order valence-electron chi connectivity index (χ4n) is 6.40. The second-order valence-electron chi connectivity index (χ2n) is 11.6. The Morgan fingerprint density at radius 1 is 1.18 bits per heavy atom. The average molecular weight is 465 g/mol. The molecule has 1 atom stereocenters. The number of hydrogen-bond donors (Lipinski definition) is 1. The van der Waals surface area contributed by atoms with Gasteiger partial charge in [0.15, 0.2) is 5.60 Å². The lowest BCUT2D eigenvalue weighted by molar-refractivity contribution is 0.00321. The summed E-state index contributed by atoms with van der Waals surface area (Å²) < 4.78 is 14.8. The number of piperidine rings is 2. The minimum Gasteiger partial charge on any atom is -0.480 e. The highest BCUT2D eigenvalue weighted by Crippen LogP contribution is 2.54. The van der Waals surface area contributed by atoms with Crippen LogP contribution in [0, 0.1) is 0 Å². The molecule has 1 N–H and O–H groups in total. The Kier molecular flexibility index (Phi) is 4.83. The van der Waals surface area contributed by atoms with E-state index in [1.54, 1.807) is 0 Å². The normalized spacial score (nSPS) is 24.4. The van der Waals surface area contributed by atoms with E-state index in [-0.39, 0.29) is 17.2 Å². The van der Waals surface area contributed by atoms with Gasteiger partial charge in [-0.15, -0.1) is 0 Å². The van der Waals surface area contributed by atoms with Gasteiger partial charge in [0, 0.05) is 43.5 Å². The second kappa shape index (κ2) is 7.48. The Hall–Kier alpha value is -2.54. The summed E-state index contributed by atoms with van der Waals surface area (Å²) in [6.45, 7) is 8.42. The van der Waals surface area contributed by atoms with Crippen molar-refractivity contribution in [2.45, 2.75) is 82.0 Å². The van der Waals surface area contributed by atoms with Crippen molar-refractivity contribution in [2.24, 2.45) is 7.05 Å². The first-order valence-electron chi connectivity index (χ1n) is 12.8. The molecule has 34 heavy (non-hydrogen) atoms. The van der Waals surface area contributed by atoms with Gasteiger partial charge in [-0.1, -0.05) is 12.1 Å². The van der Waals surface area contributed by atoms with E-state index in [9.17, 15) is 4.79 Å². The average Bonchev–Trinajstić information content (AvgIpc) is 3.44. The lowest BCUT2D eigenvalue weighted by atomic mass is 9.83. The third-order valence-corrected chi connectivity index (χ3v) is 8.13. The first-order valence-corrected chi connectivity index (χ1v) is 12.8. The van der Waals surface area contributed by atoms with E-state index in [2.05, 4.69) is 35.1 Å². The Morgan fingerprint density at radius 2 is 1.91 bits per heavy atom. The molecule has 3 aliphatic heterocycles. The molecule has 0 bridgehead atoms. The van der Waals surface area contributed by atoms with Crippen LogP contribution in [0.4, 0.5) is 4.79 Å². The van der Waals surface area contributed by atoms with Crippen molar-refractivity contribution < 1.29 is 14.3 Å². The molecule has 2 spiro atoms. The van der Waals surface area contributed by atoms with Crippen molar-refractivity contribution in [3.05, 3.63) is 35.8 Å². The largest absolute Gasteiger partial charge is 0.480 e. The summed E-state index contributed by atoms with van der Waals surface area (Å²) in [7, 11) is 2.17. The Labute approximate surface area is 201 Å². The van der Waals surface area contributed by atoms with Crippen molar-refractivity contribution in [1.82, 2.24) is 19.8 Å². The van der Waals surface area contributed by atoms with Crippen LogP contribution in [0.15, 0.2) is 24.3 Å². The number of nitrogens with zero attached hydrogens (tertiary/aromatic N) is 3. The highest BCUT2D eigenvalue weighted by Gasteiger charge is 2.55. The molecule has 7 nitrogen and oxygen atoms in total. The predicted molar refractivity (Wildman–Crippen MR) is 130 cm³/mol. The van der Waals surface area contributed by atoms with Crippen LogP contribution < -0.4 is 10.1 Å². The molecule has 4 aliphatic rings. The van der Waals surface area contributed by atoms with Gasteiger partial charge in [-0.3, -0.25) is 0 Å². The fraction of sp³-hybridized carbons (Fsp3) is 0.630. The molecule has 2 saturated heterocycles. The smallest absolute Gasteiger partial charge is 0.410 e. The maximum Gasteiger partial charge on any atom is 0.410 e. The summed E-state index contributed by atoms with van der Waals surface area (Å²) >= 11 is 0. The van der Waals surface area contributed by atoms with Crippen LogP contribution in [0.25, 0.3) is 11.3 Å². The molecule has 6 rings (SSSR count). The number of likely N-dealkylation sites (tertiary alicyclic amines) is 1. The molecule has 1 aromatic carbocycles. The molecule has 182 valence electrons. The van der Waals surface area contributed by atoms with Gasteiger partial charge in [-0.25, -0.2) is 9.78 Å². The highest BCUT2D eigenvalue weighted by atomic mass is 16.6. The van der Waals surface area contributed by atoms with E-state index in [4.69, 9.17) is 14.5 Å². The Morgan fingerprint density at radius 3 is 2.62 bits per heavy atom. The molecule has 1 saturated carbocycles. The molecule has 4 heterocycles. The number of amides is 1. The minimum atomic E-state index is -0.473. The van der Waals surface area contributed by atoms with Crippen LogP contribution in [0.2, 0.25) is 0 Å². The summed E-state index contributed by atoms with van der Waals surface area (Å²) in [6.07, 6.45) is 5.67. The van der Waals surface area contributed by atoms with Crippen molar-refractivity contribution in [1.29, 1.82) is 0 Å². The third-order valence-electron chi connectivity index (χ3n) is 8.13. The van der Waals surface area contributed by atoms with Crippen LogP contribution >= 0.6 is 0 Å². The molecule has 1 unspecified atom stereocenters. The van der Waals surface area contributed by atoms with Crippen molar-refractivity contribution in [3.63, 3.8) is 0 Å². The highest BCUT2D eigenvalue weighted by molar-refractivity contribution is 5.73. The number of carbonyl (C=O) groups excluding carboxylic acids is 1. The first-order chi connectivity index (χ1) is 16.2. The van der Waals surface area contributed by atoms with Gasteiger partial charge in [-0.2, -0.15) is 0 Å². The standard InChI is InChI=1S/C27H36N4O3/c1-25(2,3)34-24(32)31-16-9-18(17-26(31)10-11-26)23-29-21-19-7-5-6-8-20(19)33-27(22(21)30(23)4)12-14-28-15-13-27/h5-8,18,28H,9-17H2,1-4H3. The lowest BCUT2D eigenvalue weighted by Gasteiger charge is -2.42. The number of fused-ring (bicyclic) bond motifs is 4. The van der Waals surface area contributed by atoms with Gasteiger partial charge in [-0.05, 0) is 71.7 Å². The van der Waals surface area contributed by atoms with Gasteiger partial charge in [0.2, 0.25) is 0 Å². The van der Waals surface area contributed by atoms with Crippen molar-refractivity contribution >= 4 is 6.09 Å². The third kappa shape index (κ3) is 3.43. The van der Waals surface area contributed by atoms with Gasteiger partial charge < -0.3 is 24.3 Å². The molecule has 0 radical (unpaired) electrons. The topological polar surface area (TPSA) is 68.6 Å². The van der Waals surface area contributed by atoms with Crippen LogP contribution in [0.5, 0.6) is 5.75 Å². The van der Waals surface area contributed by atoms with Crippen LogP contribution in [0.1, 0.15) is 76.7 Å². The minimum absolute atomic E-state index is 0.0709. The number of imidazole rings is 1. The van der Waals surface area contributed by atoms with Gasteiger partial charge in [0.1, 0.15) is 17.2 Å². The molecule has 1 amide bonds. The number of hydrogen-bond acceptors (Lipinski definition) is 5. The maximum absolute atomic E-state index is 12.9. The van der Waals surface area contributed by atoms with Gasteiger partial charge in [0.05, 0.1) is 11.4 Å². The summed E-state index contributed by atoms with van der Waals surface area (Å²) in [4.78, 5) is 20.3. The van der Waals surface area contributed by atoms with E-state index in [0.29, 0.717) is 5.92 Å². The van der Waals surface area contributed by atoms with Gasteiger partial charge >= 0.3 is 6.09 Å². The fourth-order valence-corrected chi connectivity index (χ4v) is 6.40. The summed E-state index contributed by atoms with van der Waals surface area (Å²) in [6, 6.07) is 8.33. The van der Waals surface area contributed by atoms with Crippen molar-refractivity contribution in [3.8, 4) is 17.0 Å². The molecule has 1 aliphatic carbocycles. The van der Waals surface area contributed by atoms with E-state index in [0.717, 1.165) is 81.0 Å². The zero-order valence-corrected chi connectivity index (χ0v) is 20.8. The van der Waals surface area contributed by atoms with Crippen LogP contribution in [-0.2, 0) is 17.4 Å². The summed E-state index contributed by atoms with van der Waals surface area (Å²) in [5.41, 5.74) is 2.53. The number of ether oxygens (including phenoxy) is 2. The van der Waals surface area contributed by atoms with Gasteiger partial charge in [0.25, 0.3) is 0 Å². The lowest BCUT2D eigenvalue weighted by Crippen LogP contribution is -2.49. The number of para-hydroxylation sites is 1. The second-order valence-corrected chi connectivity index (χ2v) is 11.6. The number of rotatable bonds is 1. The SMILES string of the molecule is Cn1c(C2CCN(C(=O)OC(C)(C)C)C3(CC3)C2)nc2c1C1(CCNCC1)Oc1ccccc1-2. The predicted octanol–water partition coefficient (Wildman–Crippen LogP) is 4.71. The number of aromatic nitrogens is 2. The number of carbonyl (C=O) groups is 1. The molecule has 2 aromatic rings. The van der Waals surface area contributed by atoms with E-state index >= 15 is 0 Å². The Balaban J connectivity index is 1.35. The number of benzene rings is 1. The molecule has 3 fully saturated rings. The zero-order chi connectivity index (χ0) is 23.7. The zero-order valence-electron chi connectivity index (χ0n) is 20.8.